The topological polar surface area (TPSA) is 18.5 Å². The molecule has 0 saturated heterocycles. The molecule has 0 amide bonds. The Labute approximate surface area is 131 Å². The zero-order valence-electron chi connectivity index (χ0n) is 13.5. The molecule has 0 radical (unpaired) electrons. The molecule has 2 rings (SSSR count). The van der Waals surface area contributed by atoms with Gasteiger partial charge in [0, 0.05) is 32.4 Å². The van der Waals surface area contributed by atoms with Crippen molar-refractivity contribution < 1.29 is 4.39 Å². The maximum Gasteiger partial charge on any atom is 0.132 e. The number of nitrogens with one attached hydrogen (secondary N) is 1. The maximum atomic E-state index is 14.0. The number of aryl methyl sites for hydroxylation is 1. The minimum absolute atomic E-state index is 0.276. The van der Waals surface area contributed by atoms with Crippen LogP contribution >= 0.6 is 0 Å². The molecule has 3 nitrogen and oxygen atoms in total. The van der Waals surface area contributed by atoms with Crippen LogP contribution in [0, 0.1) is 12.7 Å². The molecule has 0 unspecified atom stereocenters. The van der Waals surface area contributed by atoms with Crippen LogP contribution in [-0.4, -0.2) is 26.2 Å². The van der Waals surface area contributed by atoms with Gasteiger partial charge in [0.25, 0.3) is 0 Å². The summed E-state index contributed by atoms with van der Waals surface area (Å²) in [6.45, 7) is 5.92. The molecule has 2 aromatic carbocycles. The summed E-state index contributed by atoms with van der Waals surface area (Å²) >= 11 is 0. The Kier molecular flexibility index (Phi) is 4.83. The third kappa shape index (κ3) is 3.46. The third-order valence-corrected chi connectivity index (χ3v) is 3.59. The van der Waals surface area contributed by atoms with Crippen molar-refractivity contribution >= 4 is 17.1 Å². The Balaban J connectivity index is 2.31. The first-order valence-electron chi connectivity index (χ1n) is 7.12. The summed E-state index contributed by atoms with van der Waals surface area (Å²) in [5.74, 6) is -0.276. The quantitative estimate of drug-likeness (QED) is 0.838. The van der Waals surface area contributed by atoms with E-state index in [0.717, 1.165) is 16.9 Å². The summed E-state index contributed by atoms with van der Waals surface area (Å²) in [6.07, 6.45) is 0. The zero-order valence-corrected chi connectivity index (χ0v) is 13.5. The molecule has 0 atom stereocenters. The van der Waals surface area contributed by atoms with Gasteiger partial charge in [0.05, 0.1) is 11.4 Å². The van der Waals surface area contributed by atoms with E-state index in [-0.39, 0.29) is 5.82 Å². The molecule has 116 valence electrons. The molecule has 0 aliphatic carbocycles. The lowest BCUT2D eigenvalue weighted by atomic mass is 10.1. The number of nitrogens with zero attached hydrogens (tertiary/aromatic N) is 2. The molecular formula is C18H22FN3. The predicted octanol–water partition coefficient (Wildman–Crippen LogP) is 4.13. The van der Waals surface area contributed by atoms with Gasteiger partial charge in [-0.05, 0) is 31.2 Å². The molecule has 0 aliphatic rings. The van der Waals surface area contributed by atoms with Crippen LogP contribution in [0.2, 0.25) is 0 Å². The highest BCUT2D eigenvalue weighted by Gasteiger charge is 2.12. The smallest absolute Gasteiger partial charge is 0.132 e. The van der Waals surface area contributed by atoms with E-state index in [1.165, 1.54) is 6.07 Å². The summed E-state index contributed by atoms with van der Waals surface area (Å²) < 4.78 is 14.0. The molecule has 4 heteroatoms. The van der Waals surface area contributed by atoms with Gasteiger partial charge >= 0.3 is 0 Å². The van der Waals surface area contributed by atoms with Gasteiger partial charge in [-0.15, -0.1) is 0 Å². The molecule has 0 aliphatic heterocycles. The summed E-state index contributed by atoms with van der Waals surface area (Å²) in [6, 6.07) is 12.9. The lowest BCUT2D eigenvalue weighted by molar-refractivity contribution is 0.398. The first-order chi connectivity index (χ1) is 10.4. The molecule has 0 fully saturated rings. The summed E-state index contributed by atoms with van der Waals surface area (Å²) in [5, 5.41) is 7.20. The van der Waals surface area contributed by atoms with Crippen LogP contribution in [-0.2, 0) is 0 Å². The second-order valence-corrected chi connectivity index (χ2v) is 5.47. The van der Waals surface area contributed by atoms with Crippen molar-refractivity contribution in [3.8, 4) is 0 Å². The first-order valence-corrected chi connectivity index (χ1v) is 7.12. The van der Waals surface area contributed by atoms with Crippen molar-refractivity contribution in [2.75, 3.05) is 31.5 Å². The normalized spacial score (nSPS) is 10.6. The molecule has 0 heterocycles. The molecule has 0 aromatic heterocycles. The Morgan fingerprint density at radius 3 is 2.45 bits per heavy atom. The molecule has 1 N–H and O–H groups in total. The van der Waals surface area contributed by atoms with Crippen LogP contribution in [0.4, 0.5) is 15.8 Å². The maximum absolute atomic E-state index is 14.0. The number of para-hydroxylation sites is 2. The van der Waals surface area contributed by atoms with Crippen molar-refractivity contribution in [2.45, 2.75) is 6.92 Å². The van der Waals surface area contributed by atoms with Crippen molar-refractivity contribution in [2.24, 2.45) is 0 Å². The number of hydrogen-bond acceptors (Lipinski definition) is 3. The predicted molar refractivity (Wildman–Crippen MR) is 92.3 cm³/mol. The lowest BCUT2D eigenvalue weighted by Crippen LogP contribution is -2.33. The monoisotopic (exact) mass is 299 g/mol. The standard InChI is InChI=1S/C18H22FN3/c1-13-10-11-16(19)15(12-13)14(2)20-17-8-6-7-9-18(17)22(5)21(3)4/h6-12,20H,2H2,1,3-5H3. The Bertz CT molecular complexity index is 680. The first kappa shape index (κ1) is 16.0. The van der Waals surface area contributed by atoms with E-state index in [4.69, 9.17) is 0 Å². The van der Waals surface area contributed by atoms with Gasteiger partial charge in [0.2, 0.25) is 0 Å². The molecular weight excluding hydrogens is 277 g/mol. The van der Waals surface area contributed by atoms with Crippen LogP contribution < -0.4 is 10.3 Å². The minimum atomic E-state index is -0.276. The highest BCUT2D eigenvalue weighted by atomic mass is 19.1. The summed E-state index contributed by atoms with van der Waals surface area (Å²) in [5.41, 5.74) is 3.90. The van der Waals surface area contributed by atoms with Crippen LogP contribution in [0.1, 0.15) is 11.1 Å². The van der Waals surface area contributed by atoms with Gasteiger partial charge in [0.15, 0.2) is 0 Å². The number of rotatable bonds is 5. The van der Waals surface area contributed by atoms with E-state index >= 15 is 0 Å². The lowest BCUT2D eigenvalue weighted by Gasteiger charge is -2.29. The van der Waals surface area contributed by atoms with Gasteiger partial charge in [-0.1, -0.05) is 30.3 Å². The van der Waals surface area contributed by atoms with Crippen LogP contribution in [0.3, 0.4) is 0 Å². The molecule has 22 heavy (non-hydrogen) atoms. The number of hydrogen-bond donors (Lipinski definition) is 1. The molecule has 0 bridgehead atoms. The largest absolute Gasteiger partial charge is 0.354 e. The van der Waals surface area contributed by atoms with E-state index in [2.05, 4.69) is 11.9 Å². The second-order valence-electron chi connectivity index (χ2n) is 5.47. The number of hydrazine groups is 1. The van der Waals surface area contributed by atoms with Gasteiger partial charge in [-0.25, -0.2) is 9.40 Å². The number of halogens is 1. The van der Waals surface area contributed by atoms with E-state index in [0.29, 0.717) is 11.3 Å². The Morgan fingerprint density at radius 2 is 1.77 bits per heavy atom. The van der Waals surface area contributed by atoms with Crippen LogP contribution in [0.5, 0.6) is 0 Å². The van der Waals surface area contributed by atoms with E-state index < -0.39 is 0 Å². The minimum Gasteiger partial charge on any atom is -0.354 e. The van der Waals surface area contributed by atoms with Crippen molar-refractivity contribution in [3.63, 3.8) is 0 Å². The average Bonchev–Trinajstić information content (AvgIpc) is 2.49. The Morgan fingerprint density at radius 1 is 1.09 bits per heavy atom. The van der Waals surface area contributed by atoms with Gasteiger partial charge < -0.3 is 10.3 Å². The van der Waals surface area contributed by atoms with Crippen LogP contribution in [0.25, 0.3) is 5.70 Å². The van der Waals surface area contributed by atoms with Crippen molar-refractivity contribution in [3.05, 3.63) is 66.0 Å². The second kappa shape index (κ2) is 6.62. The zero-order chi connectivity index (χ0) is 16.3. The van der Waals surface area contributed by atoms with E-state index in [9.17, 15) is 4.39 Å². The fourth-order valence-electron chi connectivity index (χ4n) is 2.18. The van der Waals surface area contributed by atoms with Gasteiger partial charge in [-0.2, -0.15) is 0 Å². The SMILES string of the molecule is C=C(Nc1ccccc1N(C)N(C)C)c1cc(C)ccc1F. The summed E-state index contributed by atoms with van der Waals surface area (Å²) in [4.78, 5) is 0. The van der Waals surface area contributed by atoms with Crippen molar-refractivity contribution in [1.29, 1.82) is 0 Å². The highest BCUT2D eigenvalue weighted by Crippen LogP contribution is 2.29. The number of anilines is 2. The third-order valence-electron chi connectivity index (χ3n) is 3.59. The van der Waals surface area contributed by atoms with E-state index in [1.54, 1.807) is 12.1 Å². The number of benzene rings is 2. The van der Waals surface area contributed by atoms with Gasteiger partial charge in [-0.3, -0.25) is 0 Å². The fourth-order valence-corrected chi connectivity index (χ4v) is 2.18. The summed E-state index contributed by atoms with van der Waals surface area (Å²) in [7, 11) is 5.90. The average molecular weight is 299 g/mol. The molecule has 2 aromatic rings. The molecule has 0 spiro atoms. The van der Waals surface area contributed by atoms with Gasteiger partial charge in [0.1, 0.15) is 5.82 Å². The fraction of sp³-hybridized carbons (Fsp3) is 0.222. The van der Waals surface area contributed by atoms with E-state index in [1.807, 2.05) is 62.4 Å². The molecule has 0 saturated carbocycles. The highest BCUT2D eigenvalue weighted by molar-refractivity contribution is 5.82. The Hall–Kier alpha value is -2.33. The van der Waals surface area contributed by atoms with Crippen LogP contribution in [0.15, 0.2) is 49.0 Å². The van der Waals surface area contributed by atoms with Crippen molar-refractivity contribution in [1.82, 2.24) is 5.01 Å².